The first-order chi connectivity index (χ1) is 19.1. The molecule has 0 bridgehead atoms. The molecule has 3 aromatic heterocycles. The summed E-state index contributed by atoms with van der Waals surface area (Å²) in [5, 5.41) is 0. The van der Waals surface area contributed by atoms with Gasteiger partial charge in [0.15, 0.2) is 0 Å². The normalized spacial score (nSPS) is 9.86. The number of hydrogen-bond acceptors (Lipinski definition) is 0. The van der Waals surface area contributed by atoms with Gasteiger partial charge in [0.2, 0.25) is 19.0 Å². The lowest BCUT2D eigenvalue weighted by Crippen LogP contribution is -3.00. The van der Waals surface area contributed by atoms with Crippen LogP contribution in [0.5, 0.6) is 0 Å². The monoisotopic (exact) mass is 780 g/mol. The fraction of sp³-hybridized carbons (Fsp3) is 0.727. The zero-order valence-corrected chi connectivity index (χ0v) is 32.5. The van der Waals surface area contributed by atoms with Crippen molar-refractivity contribution in [3.8, 4) is 0 Å². The Labute approximate surface area is 290 Å². The van der Waals surface area contributed by atoms with Crippen LogP contribution in [0.2, 0.25) is 0 Å². The Balaban J connectivity index is -0.000000524. The Morgan fingerprint density at radius 2 is 0.619 bits per heavy atom. The van der Waals surface area contributed by atoms with Crippen LogP contribution in [-0.4, -0.2) is 13.7 Å². The molecular weight excluding hydrogens is 720 g/mol. The molecule has 0 aromatic carbocycles. The molecule has 0 aliphatic rings. The Bertz CT molecular complexity index is 751. The molecule has 3 rings (SSSR count). The Morgan fingerprint density at radius 3 is 0.833 bits per heavy atom. The SMILES string of the molecule is CCCCn1cc[n+](CCCC)c1.CCCCn1cc[n+](CCCC)c1.CCCCn1cc[n+](CCCC)c1.[Br-].[Br-].[Br-]. The summed E-state index contributed by atoms with van der Waals surface area (Å²) in [5.74, 6) is 0. The molecule has 3 heterocycles. The molecule has 0 spiro atoms. The van der Waals surface area contributed by atoms with Gasteiger partial charge in [0, 0.05) is 0 Å². The van der Waals surface area contributed by atoms with Crippen LogP contribution in [0.15, 0.2) is 56.2 Å². The first-order valence-corrected chi connectivity index (χ1v) is 16.2. The van der Waals surface area contributed by atoms with E-state index in [2.05, 4.69) is 125 Å². The number of aromatic nitrogens is 6. The first-order valence-electron chi connectivity index (χ1n) is 16.2. The summed E-state index contributed by atoms with van der Waals surface area (Å²) in [6.45, 7) is 20.4. The molecular formula is C33H63Br3N6. The molecule has 42 heavy (non-hydrogen) atoms. The van der Waals surface area contributed by atoms with Crippen molar-refractivity contribution in [3.63, 3.8) is 0 Å². The number of unbranched alkanes of at least 4 members (excludes halogenated alkanes) is 6. The highest BCUT2D eigenvalue weighted by Crippen LogP contribution is 1.96. The van der Waals surface area contributed by atoms with E-state index in [4.69, 9.17) is 0 Å². The predicted octanol–water partition coefficient (Wildman–Crippen LogP) is -1.86. The van der Waals surface area contributed by atoms with E-state index in [1.807, 2.05) is 0 Å². The summed E-state index contributed by atoms with van der Waals surface area (Å²) in [5.41, 5.74) is 0. The lowest BCUT2D eigenvalue weighted by Gasteiger charge is -1.93. The van der Waals surface area contributed by atoms with Crippen molar-refractivity contribution in [3.05, 3.63) is 56.2 Å². The minimum absolute atomic E-state index is 0. The summed E-state index contributed by atoms with van der Waals surface area (Å²) in [7, 11) is 0. The molecule has 0 aliphatic carbocycles. The number of rotatable bonds is 18. The van der Waals surface area contributed by atoms with Crippen LogP contribution in [0.4, 0.5) is 0 Å². The van der Waals surface area contributed by atoms with Gasteiger partial charge >= 0.3 is 0 Å². The maximum absolute atomic E-state index is 2.28. The molecule has 6 nitrogen and oxygen atoms in total. The highest BCUT2D eigenvalue weighted by atomic mass is 79.9. The molecule has 0 saturated heterocycles. The first kappa shape index (κ1) is 45.5. The Hall–Kier alpha value is -0.930. The van der Waals surface area contributed by atoms with Crippen LogP contribution in [0.1, 0.15) is 119 Å². The molecule has 0 radical (unpaired) electrons. The summed E-state index contributed by atoms with van der Waals surface area (Å²) >= 11 is 0. The second-order valence-electron chi connectivity index (χ2n) is 10.8. The maximum atomic E-state index is 2.28. The van der Waals surface area contributed by atoms with Crippen molar-refractivity contribution in [1.29, 1.82) is 0 Å². The second kappa shape index (κ2) is 31.5. The van der Waals surface area contributed by atoms with Crippen LogP contribution >= 0.6 is 0 Å². The van der Waals surface area contributed by atoms with E-state index in [0.29, 0.717) is 0 Å². The number of imidazole rings is 3. The molecule has 9 heteroatoms. The molecule has 0 unspecified atom stereocenters. The van der Waals surface area contributed by atoms with Gasteiger partial charge in [0.1, 0.15) is 37.2 Å². The van der Waals surface area contributed by atoms with Crippen LogP contribution in [0.25, 0.3) is 0 Å². The molecule has 3 aromatic rings. The minimum atomic E-state index is 0. The average molecular weight is 784 g/mol. The van der Waals surface area contributed by atoms with E-state index in [-0.39, 0.29) is 50.9 Å². The quantitative estimate of drug-likeness (QED) is 0.136. The summed E-state index contributed by atoms with van der Waals surface area (Å²) < 4.78 is 13.7. The number of nitrogens with zero attached hydrogens (tertiary/aromatic N) is 6. The third-order valence-electron chi connectivity index (χ3n) is 6.86. The van der Waals surface area contributed by atoms with E-state index < -0.39 is 0 Å². The van der Waals surface area contributed by atoms with Gasteiger partial charge in [-0.2, -0.15) is 0 Å². The van der Waals surface area contributed by atoms with Crippen LogP contribution in [0, 0.1) is 0 Å². The standard InChI is InChI=1S/3C11H21N2.3BrH/c3*1-3-5-7-12-9-10-13(11-12)8-6-4-2;;;/h3*9-11H,3-8H2,1-2H3;3*1H/q3*+1;;;/p-3. The zero-order valence-electron chi connectivity index (χ0n) is 27.7. The lowest BCUT2D eigenvalue weighted by molar-refractivity contribution is -0.697. The second-order valence-corrected chi connectivity index (χ2v) is 10.8. The average Bonchev–Trinajstić information content (AvgIpc) is 3.72. The van der Waals surface area contributed by atoms with Gasteiger partial charge in [-0.1, -0.05) is 80.1 Å². The molecule has 0 saturated carbocycles. The molecule has 0 atom stereocenters. The van der Waals surface area contributed by atoms with Crippen LogP contribution < -0.4 is 64.6 Å². The Morgan fingerprint density at radius 1 is 0.381 bits per heavy atom. The van der Waals surface area contributed by atoms with Crippen LogP contribution in [0.3, 0.4) is 0 Å². The summed E-state index contributed by atoms with van der Waals surface area (Å²) in [6, 6.07) is 0. The van der Waals surface area contributed by atoms with E-state index in [1.165, 1.54) is 77.0 Å². The third kappa shape index (κ3) is 22.6. The summed E-state index contributed by atoms with van der Waals surface area (Å²) in [6.07, 6.45) is 35.0. The van der Waals surface area contributed by atoms with Crippen molar-refractivity contribution >= 4 is 0 Å². The van der Waals surface area contributed by atoms with E-state index >= 15 is 0 Å². The van der Waals surface area contributed by atoms with Crippen molar-refractivity contribution in [1.82, 2.24) is 13.7 Å². The van der Waals surface area contributed by atoms with Crippen molar-refractivity contribution < 1.29 is 64.6 Å². The largest absolute Gasteiger partial charge is 1.00 e. The highest BCUT2D eigenvalue weighted by Gasteiger charge is 2.03. The van der Waals surface area contributed by atoms with E-state index in [1.54, 1.807) is 0 Å². The number of hydrogen-bond donors (Lipinski definition) is 0. The minimum Gasteiger partial charge on any atom is -1.00 e. The fourth-order valence-electron chi connectivity index (χ4n) is 4.15. The van der Waals surface area contributed by atoms with E-state index in [9.17, 15) is 0 Å². The van der Waals surface area contributed by atoms with Gasteiger partial charge in [0.05, 0.1) is 39.3 Å². The Kier molecular flexibility index (Phi) is 34.1. The van der Waals surface area contributed by atoms with Crippen molar-refractivity contribution in [2.75, 3.05) is 0 Å². The molecule has 0 aliphatic heterocycles. The molecule has 0 N–H and O–H groups in total. The number of aryl methyl sites for hydroxylation is 6. The fourth-order valence-corrected chi connectivity index (χ4v) is 4.15. The number of halogens is 3. The van der Waals surface area contributed by atoms with Gasteiger partial charge in [-0.05, 0) is 38.5 Å². The molecule has 0 fully saturated rings. The third-order valence-corrected chi connectivity index (χ3v) is 6.86. The van der Waals surface area contributed by atoms with Crippen LogP contribution in [-0.2, 0) is 39.3 Å². The molecule has 0 amide bonds. The van der Waals surface area contributed by atoms with Gasteiger partial charge in [-0.3, -0.25) is 0 Å². The van der Waals surface area contributed by atoms with Crippen molar-refractivity contribution in [2.24, 2.45) is 0 Å². The zero-order chi connectivity index (χ0) is 28.6. The van der Waals surface area contributed by atoms with Gasteiger partial charge in [-0.15, -0.1) is 0 Å². The maximum Gasteiger partial charge on any atom is 0.243 e. The van der Waals surface area contributed by atoms with Gasteiger partial charge in [-0.25, -0.2) is 27.4 Å². The van der Waals surface area contributed by atoms with Crippen molar-refractivity contribution in [2.45, 2.75) is 158 Å². The van der Waals surface area contributed by atoms with E-state index in [0.717, 1.165) is 39.3 Å². The smallest absolute Gasteiger partial charge is 0.243 e. The predicted molar refractivity (Wildman–Crippen MR) is 163 cm³/mol. The summed E-state index contributed by atoms with van der Waals surface area (Å²) in [4.78, 5) is 0. The topological polar surface area (TPSA) is 26.4 Å². The lowest BCUT2D eigenvalue weighted by atomic mass is 10.3. The van der Waals surface area contributed by atoms with Gasteiger partial charge < -0.3 is 50.9 Å². The molecule has 246 valence electrons. The van der Waals surface area contributed by atoms with Gasteiger partial charge in [0.25, 0.3) is 0 Å². The highest BCUT2D eigenvalue weighted by molar-refractivity contribution is 4.67.